The number of aryl methyl sites for hydroxylation is 2. The average Bonchev–Trinajstić information content (AvgIpc) is 2.61. The van der Waals surface area contributed by atoms with E-state index in [0.717, 1.165) is 17.1 Å². The largest absolute Gasteiger partial charge is 0.272 e. The molecule has 2 rings (SSSR count). The highest BCUT2D eigenvalue weighted by Gasteiger charge is 2.12. The molecule has 1 aromatic rings. The molecule has 1 unspecified atom stereocenters. The van der Waals surface area contributed by atoms with E-state index in [1.165, 1.54) is 0 Å². The van der Waals surface area contributed by atoms with Crippen LogP contribution in [0.2, 0.25) is 0 Å². The first kappa shape index (κ1) is 8.16. The van der Waals surface area contributed by atoms with E-state index in [2.05, 4.69) is 15.3 Å². The molecule has 0 aliphatic carbocycles. The zero-order valence-corrected chi connectivity index (χ0v) is 8.02. The molecule has 1 atom stereocenters. The third kappa shape index (κ3) is 1.39. The van der Waals surface area contributed by atoms with Crippen LogP contribution in [-0.2, 0) is 7.05 Å². The van der Waals surface area contributed by atoms with Crippen LogP contribution in [0.15, 0.2) is 22.4 Å². The van der Waals surface area contributed by atoms with Gasteiger partial charge in [0.25, 0.3) is 0 Å². The van der Waals surface area contributed by atoms with Crippen LogP contribution in [0.5, 0.6) is 0 Å². The maximum atomic E-state index is 4.32. The summed E-state index contributed by atoms with van der Waals surface area (Å²) >= 11 is 0. The molecular weight excluding hydrogens is 164 g/mol. The summed E-state index contributed by atoms with van der Waals surface area (Å²) in [6.07, 6.45) is 2.02. The molecule has 13 heavy (non-hydrogen) atoms. The molecule has 0 saturated carbocycles. The summed E-state index contributed by atoms with van der Waals surface area (Å²) in [6.45, 7) is 4.03. The highest BCUT2D eigenvalue weighted by Crippen LogP contribution is 2.22. The lowest BCUT2D eigenvalue weighted by Gasteiger charge is -1.89. The summed E-state index contributed by atoms with van der Waals surface area (Å²) in [5.74, 6) is 0. The molecule has 2 heterocycles. The van der Waals surface area contributed by atoms with Gasteiger partial charge in [-0.15, -0.1) is 0 Å². The lowest BCUT2D eigenvalue weighted by atomic mass is 10.2. The lowest BCUT2D eigenvalue weighted by molar-refractivity contribution is 0.736. The fourth-order valence-electron chi connectivity index (χ4n) is 1.27. The summed E-state index contributed by atoms with van der Waals surface area (Å²) in [4.78, 5) is 0. The first-order valence-corrected chi connectivity index (χ1v) is 4.30. The number of hydrogen-bond acceptors (Lipinski definition) is 3. The van der Waals surface area contributed by atoms with E-state index in [4.69, 9.17) is 0 Å². The second kappa shape index (κ2) is 2.80. The van der Waals surface area contributed by atoms with Gasteiger partial charge in [-0.05, 0) is 26.0 Å². The second-order valence-electron chi connectivity index (χ2n) is 3.30. The third-order valence-electron chi connectivity index (χ3n) is 2.12. The highest BCUT2D eigenvalue weighted by atomic mass is 15.3. The van der Waals surface area contributed by atoms with Crippen LogP contribution in [0.3, 0.4) is 0 Å². The van der Waals surface area contributed by atoms with Crippen LogP contribution >= 0.6 is 0 Å². The quantitative estimate of drug-likeness (QED) is 0.644. The van der Waals surface area contributed by atoms with E-state index in [0.29, 0.717) is 0 Å². The summed E-state index contributed by atoms with van der Waals surface area (Å²) in [7, 11) is 1.93. The minimum atomic E-state index is 0.192. The van der Waals surface area contributed by atoms with Crippen molar-refractivity contribution in [2.45, 2.75) is 19.9 Å². The lowest BCUT2D eigenvalue weighted by Crippen LogP contribution is -1.93. The van der Waals surface area contributed by atoms with E-state index < -0.39 is 0 Å². The van der Waals surface area contributed by atoms with Crippen molar-refractivity contribution in [1.82, 2.24) is 9.78 Å². The minimum Gasteiger partial charge on any atom is -0.272 e. The van der Waals surface area contributed by atoms with E-state index in [9.17, 15) is 0 Å². The molecule has 0 N–H and O–H groups in total. The Kier molecular flexibility index (Phi) is 1.76. The SMILES string of the molecule is Cc1cc(C2=CC(C)N=N2)nn1C. The van der Waals surface area contributed by atoms with Gasteiger partial charge in [0, 0.05) is 12.7 Å². The molecule has 0 spiro atoms. The van der Waals surface area contributed by atoms with Gasteiger partial charge in [-0.2, -0.15) is 15.3 Å². The predicted octanol–water partition coefficient (Wildman–Crippen LogP) is 1.92. The van der Waals surface area contributed by atoms with Crippen molar-refractivity contribution in [2.24, 2.45) is 17.3 Å². The van der Waals surface area contributed by atoms with E-state index in [1.807, 2.05) is 37.7 Å². The number of nitrogens with zero attached hydrogens (tertiary/aromatic N) is 4. The molecule has 0 fully saturated rings. The van der Waals surface area contributed by atoms with Gasteiger partial charge in [-0.3, -0.25) is 4.68 Å². The van der Waals surface area contributed by atoms with Gasteiger partial charge in [-0.1, -0.05) is 0 Å². The summed E-state index contributed by atoms with van der Waals surface area (Å²) < 4.78 is 1.84. The number of rotatable bonds is 1. The normalized spacial score (nSPS) is 20.8. The summed E-state index contributed by atoms with van der Waals surface area (Å²) in [6, 6.07) is 2.21. The Balaban J connectivity index is 2.37. The van der Waals surface area contributed by atoms with Crippen molar-refractivity contribution in [2.75, 3.05) is 0 Å². The zero-order valence-electron chi connectivity index (χ0n) is 8.02. The molecule has 1 aliphatic heterocycles. The predicted molar refractivity (Wildman–Crippen MR) is 50.2 cm³/mol. The van der Waals surface area contributed by atoms with Gasteiger partial charge < -0.3 is 0 Å². The monoisotopic (exact) mass is 176 g/mol. The fraction of sp³-hybridized carbons (Fsp3) is 0.444. The highest BCUT2D eigenvalue weighted by molar-refractivity contribution is 5.63. The Morgan fingerprint density at radius 2 is 2.23 bits per heavy atom. The maximum Gasteiger partial charge on any atom is 0.113 e. The van der Waals surface area contributed by atoms with Gasteiger partial charge in [0.2, 0.25) is 0 Å². The van der Waals surface area contributed by atoms with Crippen LogP contribution in [0, 0.1) is 6.92 Å². The smallest absolute Gasteiger partial charge is 0.113 e. The van der Waals surface area contributed by atoms with Crippen molar-refractivity contribution in [1.29, 1.82) is 0 Å². The van der Waals surface area contributed by atoms with Gasteiger partial charge in [0.15, 0.2) is 0 Å². The van der Waals surface area contributed by atoms with Crippen LogP contribution < -0.4 is 0 Å². The molecule has 1 aromatic heterocycles. The molecule has 0 aromatic carbocycles. The van der Waals surface area contributed by atoms with Gasteiger partial charge in [-0.25, -0.2) is 0 Å². The van der Waals surface area contributed by atoms with Crippen LogP contribution in [-0.4, -0.2) is 15.8 Å². The topological polar surface area (TPSA) is 42.5 Å². The molecule has 4 nitrogen and oxygen atoms in total. The van der Waals surface area contributed by atoms with Crippen LogP contribution in [0.4, 0.5) is 0 Å². The minimum absolute atomic E-state index is 0.192. The Hall–Kier alpha value is -1.45. The van der Waals surface area contributed by atoms with E-state index in [1.54, 1.807) is 0 Å². The zero-order chi connectivity index (χ0) is 9.42. The number of hydrogen-bond donors (Lipinski definition) is 0. The van der Waals surface area contributed by atoms with Crippen molar-refractivity contribution in [3.8, 4) is 0 Å². The summed E-state index contributed by atoms with van der Waals surface area (Å²) in [5.41, 5.74) is 2.93. The molecule has 68 valence electrons. The molecule has 0 amide bonds. The second-order valence-corrected chi connectivity index (χ2v) is 3.30. The third-order valence-corrected chi connectivity index (χ3v) is 2.12. The average molecular weight is 176 g/mol. The Labute approximate surface area is 77.0 Å². The first-order valence-electron chi connectivity index (χ1n) is 4.30. The molecule has 0 radical (unpaired) electrons. The van der Waals surface area contributed by atoms with Gasteiger partial charge in [0.05, 0.1) is 6.04 Å². The van der Waals surface area contributed by atoms with Crippen molar-refractivity contribution >= 4 is 5.70 Å². The van der Waals surface area contributed by atoms with Crippen molar-refractivity contribution < 1.29 is 0 Å². The van der Waals surface area contributed by atoms with Crippen LogP contribution in [0.25, 0.3) is 5.70 Å². The fourth-order valence-corrected chi connectivity index (χ4v) is 1.27. The Morgan fingerprint density at radius 1 is 1.46 bits per heavy atom. The molecular formula is C9H12N4. The van der Waals surface area contributed by atoms with Gasteiger partial charge in [0.1, 0.15) is 11.4 Å². The summed E-state index contributed by atoms with van der Waals surface area (Å²) in [5, 5.41) is 12.4. The van der Waals surface area contributed by atoms with Crippen molar-refractivity contribution in [3.05, 3.63) is 23.5 Å². The molecule has 1 aliphatic rings. The maximum absolute atomic E-state index is 4.32. The number of azo groups is 1. The standard InChI is InChI=1S/C9H12N4/c1-6-4-8(11-10-6)9-5-7(2)13(3)12-9/h4-6H,1-3H3. The Morgan fingerprint density at radius 3 is 2.69 bits per heavy atom. The van der Waals surface area contributed by atoms with Crippen LogP contribution in [0.1, 0.15) is 18.3 Å². The molecule has 0 bridgehead atoms. The first-order chi connectivity index (χ1) is 6.16. The van der Waals surface area contributed by atoms with Gasteiger partial charge >= 0.3 is 0 Å². The Bertz CT molecular complexity index is 367. The molecule has 0 saturated heterocycles. The number of aromatic nitrogens is 2. The van der Waals surface area contributed by atoms with Crippen molar-refractivity contribution in [3.63, 3.8) is 0 Å². The molecule has 4 heteroatoms. The van der Waals surface area contributed by atoms with E-state index >= 15 is 0 Å². The van der Waals surface area contributed by atoms with E-state index in [-0.39, 0.29) is 6.04 Å².